The number of aryl methyl sites for hydroxylation is 1. The van der Waals surface area contributed by atoms with Gasteiger partial charge in [0.1, 0.15) is 5.82 Å². The molecular formula is C20H23BrN4O3S. The molecule has 0 saturated carbocycles. The van der Waals surface area contributed by atoms with Crippen molar-refractivity contribution in [1.29, 1.82) is 0 Å². The van der Waals surface area contributed by atoms with Crippen LogP contribution in [0.15, 0.2) is 45.9 Å². The molecule has 4 rings (SSSR count). The second-order valence-corrected chi connectivity index (χ2v) is 10.1. The zero-order valence-electron chi connectivity index (χ0n) is 16.2. The van der Waals surface area contributed by atoms with Crippen molar-refractivity contribution in [2.75, 3.05) is 42.5 Å². The number of piperazine rings is 1. The van der Waals surface area contributed by atoms with Crippen LogP contribution in [0.1, 0.15) is 18.4 Å². The molecule has 9 heteroatoms. The summed E-state index contributed by atoms with van der Waals surface area (Å²) in [5.41, 5.74) is 1.44. The summed E-state index contributed by atoms with van der Waals surface area (Å²) in [6.07, 6.45) is 3.14. The molecule has 1 amide bonds. The third-order valence-corrected chi connectivity index (χ3v) is 7.96. The van der Waals surface area contributed by atoms with Gasteiger partial charge in [0, 0.05) is 55.5 Å². The lowest BCUT2D eigenvalue weighted by Gasteiger charge is -2.35. The van der Waals surface area contributed by atoms with Crippen LogP contribution < -0.4 is 9.80 Å². The maximum absolute atomic E-state index is 13.2. The van der Waals surface area contributed by atoms with E-state index in [4.69, 9.17) is 0 Å². The predicted molar refractivity (Wildman–Crippen MR) is 116 cm³/mol. The van der Waals surface area contributed by atoms with Crippen LogP contribution in [0.2, 0.25) is 0 Å². The quantitative estimate of drug-likeness (QED) is 0.675. The average molecular weight is 479 g/mol. The Hall–Kier alpha value is -1.97. The lowest BCUT2D eigenvalue weighted by molar-refractivity contribution is -0.117. The number of halogens is 1. The number of carbonyl (C=O) groups is 1. The van der Waals surface area contributed by atoms with Gasteiger partial charge in [-0.05, 0) is 65.2 Å². The zero-order chi connectivity index (χ0) is 20.6. The van der Waals surface area contributed by atoms with Gasteiger partial charge in [-0.2, -0.15) is 4.31 Å². The Balaban J connectivity index is 1.49. The minimum atomic E-state index is -3.58. The highest BCUT2D eigenvalue weighted by Crippen LogP contribution is 2.28. The molecule has 0 unspecified atom stereocenters. The Bertz CT molecular complexity index is 1020. The summed E-state index contributed by atoms with van der Waals surface area (Å²) in [5.74, 6) is 0.943. The zero-order valence-corrected chi connectivity index (χ0v) is 18.6. The third-order valence-electron chi connectivity index (χ3n) is 5.44. The molecule has 1 aromatic heterocycles. The maximum atomic E-state index is 13.2. The Morgan fingerprint density at radius 1 is 1.03 bits per heavy atom. The SMILES string of the molecule is Cc1cc(N2CCCC2=O)ccc1S(=O)(=O)N1CCN(c2ccc(Br)cn2)CC1. The Morgan fingerprint density at radius 2 is 1.79 bits per heavy atom. The van der Waals surface area contributed by atoms with Gasteiger partial charge in [-0.1, -0.05) is 0 Å². The summed E-state index contributed by atoms with van der Waals surface area (Å²) in [7, 11) is -3.58. The summed E-state index contributed by atoms with van der Waals surface area (Å²) in [6, 6.07) is 9.04. The molecule has 2 aliphatic heterocycles. The van der Waals surface area contributed by atoms with E-state index >= 15 is 0 Å². The number of anilines is 2. The molecule has 154 valence electrons. The lowest BCUT2D eigenvalue weighted by Crippen LogP contribution is -2.49. The van der Waals surface area contributed by atoms with Crippen molar-refractivity contribution in [2.24, 2.45) is 0 Å². The van der Waals surface area contributed by atoms with Crippen LogP contribution in [0.4, 0.5) is 11.5 Å². The highest BCUT2D eigenvalue weighted by Gasteiger charge is 2.31. The van der Waals surface area contributed by atoms with Gasteiger partial charge in [0.05, 0.1) is 4.90 Å². The largest absolute Gasteiger partial charge is 0.354 e. The summed E-state index contributed by atoms with van der Waals surface area (Å²) >= 11 is 3.38. The fourth-order valence-electron chi connectivity index (χ4n) is 3.86. The smallest absolute Gasteiger partial charge is 0.243 e. The van der Waals surface area contributed by atoms with Crippen molar-refractivity contribution in [3.8, 4) is 0 Å². The van der Waals surface area contributed by atoms with E-state index in [0.29, 0.717) is 49.6 Å². The molecule has 0 atom stereocenters. The molecule has 29 heavy (non-hydrogen) atoms. The summed E-state index contributed by atoms with van der Waals surface area (Å²) in [4.78, 5) is 20.5. The molecule has 0 bridgehead atoms. The van der Waals surface area contributed by atoms with E-state index in [0.717, 1.165) is 22.4 Å². The second kappa shape index (κ2) is 8.04. The second-order valence-electron chi connectivity index (χ2n) is 7.32. The van der Waals surface area contributed by atoms with Gasteiger partial charge < -0.3 is 9.80 Å². The van der Waals surface area contributed by atoms with Gasteiger partial charge in [0.25, 0.3) is 0 Å². The van der Waals surface area contributed by atoms with Crippen molar-refractivity contribution >= 4 is 43.4 Å². The van der Waals surface area contributed by atoms with Gasteiger partial charge in [0.2, 0.25) is 15.9 Å². The molecule has 2 aliphatic rings. The van der Waals surface area contributed by atoms with Crippen LogP contribution in [0.3, 0.4) is 0 Å². The van der Waals surface area contributed by atoms with E-state index in [9.17, 15) is 13.2 Å². The van der Waals surface area contributed by atoms with Crippen LogP contribution in [0.25, 0.3) is 0 Å². The highest BCUT2D eigenvalue weighted by atomic mass is 79.9. The fraction of sp³-hybridized carbons (Fsp3) is 0.400. The number of nitrogens with zero attached hydrogens (tertiary/aromatic N) is 4. The highest BCUT2D eigenvalue weighted by molar-refractivity contribution is 9.10. The Morgan fingerprint density at radius 3 is 2.38 bits per heavy atom. The average Bonchev–Trinajstić information content (AvgIpc) is 3.14. The van der Waals surface area contributed by atoms with E-state index < -0.39 is 10.0 Å². The molecule has 0 radical (unpaired) electrons. The molecule has 1 aromatic carbocycles. The standard InChI is InChI=1S/C20H23BrN4O3S/c1-15-13-17(25-8-2-3-20(25)26)5-6-18(15)29(27,28)24-11-9-23(10-12-24)19-7-4-16(21)14-22-19/h4-7,13-14H,2-3,8-12H2,1H3. The number of rotatable bonds is 4. The number of sulfonamides is 1. The van der Waals surface area contributed by atoms with Gasteiger partial charge in [-0.3, -0.25) is 4.79 Å². The molecule has 0 aliphatic carbocycles. The number of pyridine rings is 1. The van der Waals surface area contributed by atoms with Crippen molar-refractivity contribution < 1.29 is 13.2 Å². The van der Waals surface area contributed by atoms with Crippen LogP contribution >= 0.6 is 15.9 Å². The summed E-state index contributed by atoms with van der Waals surface area (Å²) < 4.78 is 28.8. The normalized spacial score (nSPS) is 18.5. The van der Waals surface area contributed by atoms with E-state index in [2.05, 4.69) is 25.8 Å². The molecule has 0 N–H and O–H groups in total. The number of aromatic nitrogens is 1. The molecule has 0 spiro atoms. The molecule has 2 saturated heterocycles. The van der Waals surface area contributed by atoms with E-state index in [1.54, 1.807) is 36.2 Å². The first kappa shape index (κ1) is 20.3. The number of amides is 1. The van der Waals surface area contributed by atoms with Gasteiger partial charge in [-0.25, -0.2) is 13.4 Å². The predicted octanol–water partition coefficient (Wildman–Crippen LogP) is 2.79. The number of hydrogen-bond donors (Lipinski definition) is 0. The van der Waals surface area contributed by atoms with Crippen LogP contribution in [0.5, 0.6) is 0 Å². The first-order valence-electron chi connectivity index (χ1n) is 9.64. The Labute approximate surface area is 179 Å². The monoisotopic (exact) mass is 478 g/mol. The fourth-order valence-corrected chi connectivity index (χ4v) is 5.73. The molecule has 7 nitrogen and oxygen atoms in total. The number of benzene rings is 1. The lowest BCUT2D eigenvalue weighted by atomic mass is 10.2. The van der Waals surface area contributed by atoms with Crippen LogP contribution in [-0.2, 0) is 14.8 Å². The van der Waals surface area contributed by atoms with E-state index in [1.807, 2.05) is 12.1 Å². The topological polar surface area (TPSA) is 73.8 Å². The molecule has 2 fully saturated rings. The minimum absolute atomic E-state index is 0.0951. The maximum Gasteiger partial charge on any atom is 0.243 e. The molecule has 3 heterocycles. The Kier molecular flexibility index (Phi) is 5.63. The summed E-state index contributed by atoms with van der Waals surface area (Å²) in [6.45, 7) is 4.48. The van der Waals surface area contributed by atoms with Crippen molar-refractivity contribution in [3.05, 3.63) is 46.6 Å². The number of hydrogen-bond acceptors (Lipinski definition) is 5. The first-order chi connectivity index (χ1) is 13.9. The number of carbonyl (C=O) groups excluding carboxylic acids is 1. The van der Waals surface area contributed by atoms with Crippen molar-refractivity contribution in [1.82, 2.24) is 9.29 Å². The van der Waals surface area contributed by atoms with E-state index in [-0.39, 0.29) is 5.91 Å². The first-order valence-corrected chi connectivity index (χ1v) is 11.9. The minimum Gasteiger partial charge on any atom is -0.354 e. The molecular weight excluding hydrogens is 456 g/mol. The van der Waals surface area contributed by atoms with Gasteiger partial charge in [0.15, 0.2) is 0 Å². The van der Waals surface area contributed by atoms with Crippen LogP contribution in [-0.4, -0.2) is 56.3 Å². The van der Waals surface area contributed by atoms with E-state index in [1.165, 1.54) is 4.31 Å². The van der Waals surface area contributed by atoms with Crippen molar-refractivity contribution in [2.45, 2.75) is 24.7 Å². The van der Waals surface area contributed by atoms with Crippen molar-refractivity contribution in [3.63, 3.8) is 0 Å². The van der Waals surface area contributed by atoms with Gasteiger partial charge in [-0.15, -0.1) is 0 Å². The summed E-state index contributed by atoms with van der Waals surface area (Å²) in [5, 5.41) is 0. The third kappa shape index (κ3) is 4.04. The molecule has 2 aromatic rings. The van der Waals surface area contributed by atoms with Gasteiger partial charge >= 0.3 is 0 Å². The van der Waals surface area contributed by atoms with Crippen LogP contribution in [0, 0.1) is 6.92 Å².